The van der Waals surface area contributed by atoms with Crippen molar-refractivity contribution in [3.63, 3.8) is 0 Å². The Bertz CT molecular complexity index is 1290. The number of anilines is 3. The Morgan fingerprint density at radius 1 is 0.952 bits per heavy atom. The first-order chi connectivity index (χ1) is 20.3. The molecule has 0 spiro atoms. The molecule has 2 amide bonds. The Hall–Kier alpha value is -4.00. The SMILES string of the molecule is C=CC(C(=O)Nc1cc(C(=O)NCCCN2CCCC2=C)ccc1N1CCN(c2ccccc2C)CC1)=C(C)C.CC. The molecule has 2 heterocycles. The molecule has 226 valence electrons. The lowest BCUT2D eigenvalue weighted by Gasteiger charge is -2.38. The number of allylic oxidation sites excluding steroid dienone is 2. The van der Waals surface area contributed by atoms with Crippen LogP contribution < -0.4 is 20.4 Å². The van der Waals surface area contributed by atoms with Crippen LogP contribution in [0.4, 0.5) is 17.1 Å². The van der Waals surface area contributed by atoms with Crippen molar-refractivity contribution in [2.24, 2.45) is 0 Å². The molecule has 2 aliphatic rings. The van der Waals surface area contributed by atoms with Crippen molar-refractivity contribution in [1.82, 2.24) is 10.2 Å². The van der Waals surface area contributed by atoms with Gasteiger partial charge in [0.25, 0.3) is 11.8 Å². The molecule has 2 aliphatic heterocycles. The summed E-state index contributed by atoms with van der Waals surface area (Å²) in [5.41, 5.74) is 7.22. The van der Waals surface area contributed by atoms with Crippen LogP contribution in [0.3, 0.4) is 0 Å². The van der Waals surface area contributed by atoms with Gasteiger partial charge in [-0.2, -0.15) is 0 Å². The second-order valence-electron chi connectivity index (χ2n) is 10.8. The summed E-state index contributed by atoms with van der Waals surface area (Å²) in [5.74, 6) is -0.365. The molecule has 0 radical (unpaired) electrons. The molecule has 2 aromatic rings. The summed E-state index contributed by atoms with van der Waals surface area (Å²) >= 11 is 0. The van der Waals surface area contributed by atoms with E-state index in [1.54, 1.807) is 12.1 Å². The van der Waals surface area contributed by atoms with Gasteiger partial charge in [-0.1, -0.05) is 56.9 Å². The molecule has 2 aromatic carbocycles. The highest BCUT2D eigenvalue weighted by atomic mass is 16.2. The van der Waals surface area contributed by atoms with Crippen LogP contribution in [0.15, 0.2) is 78.5 Å². The van der Waals surface area contributed by atoms with Crippen LogP contribution in [0.2, 0.25) is 0 Å². The monoisotopic (exact) mass is 571 g/mol. The third-order valence-corrected chi connectivity index (χ3v) is 7.80. The quantitative estimate of drug-likeness (QED) is 0.193. The highest BCUT2D eigenvalue weighted by molar-refractivity contribution is 6.08. The van der Waals surface area contributed by atoms with E-state index in [1.165, 1.54) is 16.9 Å². The van der Waals surface area contributed by atoms with Crippen molar-refractivity contribution in [1.29, 1.82) is 0 Å². The average molecular weight is 572 g/mol. The van der Waals surface area contributed by atoms with Crippen LogP contribution in [-0.2, 0) is 4.79 Å². The molecule has 0 atom stereocenters. The fourth-order valence-corrected chi connectivity index (χ4v) is 5.51. The van der Waals surface area contributed by atoms with Crippen LogP contribution in [0.5, 0.6) is 0 Å². The van der Waals surface area contributed by atoms with Gasteiger partial charge < -0.3 is 25.3 Å². The Morgan fingerprint density at radius 2 is 1.62 bits per heavy atom. The number of para-hydroxylation sites is 1. The van der Waals surface area contributed by atoms with Gasteiger partial charge in [-0.25, -0.2) is 0 Å². The van der Waals surface area contributed by atoms with E-state index in [-0.39, 0.29) is 11.8 Å². The van der Waals surface area contributed by atoms with Crippen molar-refractivity contribution in [2.75, 3.05) is 60.9 Å². The van der Waals surface area contributed by atoms with Gasteiger partial charge in [-0.15, -0.1) is 0 Å². The lowest BCUT2D eigenvalue weighted by atomic mass is 10.1. The van der Waals surface area contributed by atoms with Crippen LogP contribution >= 0.6 is 0 Å². The maximum atomic E-state index is 13.2. The molecule has 0 aromatic heterocycles. The number of nitrogens with one attached hydrogen (secondary N) is 2. The number of carbonyl (C=O) groups is 2. The van der Waals surface area contributed by atoms with Crippen molar-refractivity contribution in [3.8, 4) is 0 Å². The van der Waals surface area contributed by atoms with E-state index >= 15 is 0 Å². The van der Waals surface area contributed by atoms with E-state index in [0.717, 1.165) is 69.8 Å². The maximum Gasteiger partial charge on any atom is 0.255 e. The number of carbonyl (C=O) groups excluding carboxylic acids is 2. The van der Waals surface area contributed by atoms with E-state index in [4.69, 9.17) is 0 Å². The van der Waals surface area contributed by atoms with E-state index in [2.05, 4.69) is 69.7 Å². The summed E-state index contributed by atoms with van der Waals surface area (Å²) in [5, 5.41) is 6.12. The largest absolute Gasteiger partial charge is 0.375 e. The van der Waals surface area contributed by atoms with E-state index < -0.39 is 0 Å². The van der Waals surface area contributed by atoms with Gasteiger partial charge in [0.2, 0.25) is 0 Å². The first kappa shape index (κ1) is 32.5. The number of amides is 2. The number of rotatable bonds is 10. The summed E-state index contributed by atoms with van der Waals surface area (Å²) in [6.45, 7) is 23.8. The lowest BCUT2D eigenvalue weighted by molar-refractivity contribution is -0.112. The highest BCUT2D eigenvalue weighted by Gasteiger charge is 2.23. The number of hydrogen-bond acceptors (Lipinski definition) is 5. The molecule has 4 rings (SSSR count). The molecular formula is C35H49N5O2. The van der Waals surface area contributed by atoms with E-state index in [0.29, 0.717) is 23.4 Å². The molecule has 0 unspecified atom stereocenters. The normalized spacial score (nSPS) is 14.6. The molecule has 7 nitrogen and oxygen atoms in total. The summed E-state index contributed by atoms with van der Waals surface area (Å²) in [6.07, 6.45) is 4.67. The van der Waals surface area contributed by atoms with Crippen molar-refractivity contribution < 1.29 is 9.59 Å². The first-order valence-corrected chi connectivity index (χ1v) is 15.3. The molecule has 0 aliphatic carbocycles. The number of piperazine rings is 1. The van der Waals surface area contributed by atoms with Crippen LogP contribution in [-0.4, -0.2) is 62.5 Å². The van der Waals surface area contributed by atoms with Crippen molar-refractivity contribution >= 4 is 28.9 Å². The summed E-state index contributed by atoms with van der Waals surface area (Å²) in [7, 11) is 0. The van der Waals surface area contributed by atoms with Crippen LogP contribution in [0.25, 0.3) is 0 Å². The average Bonchev–Trinajstić information content (AvgIpc) is 3.41. The zero-order valence-electron chi connectivity index (χ0n) is 26.3. The number of nitrogens with zero attached hydrogens (tertiary/aromatic N) is 3. The topological polar surface area (TPSA) is 67.9 Å². The molecule has 2 saturated heterocycles. The van der Waals surface area contributed by atoms with Gasteiger partial charge in [0, 0.05) is 68.3 Å². The Morgan fingerprint density at radius 3 is 2.21 bits per heavy atom. The standard InChI is InChI=1S/C33H43N5O2.C2H6/c1-6-28(24(2)3)33(40)35-29-23-27(32(39)34-16-10-18-36-17-9-12-26(36)5)14-15-31(29)38-21-19-37(20-22-38)30-13-8-7-11-25(30)4;1-2/h6-8,11,13-15,23H,1,5,9-10,12,16-22H2,2-4H3,(H,34,39)(H,35,40);1-2H3. The predicted molar refractivity (Wildman–Crippen MR) is 177 cm³/mol. The molecule has 2 N–H and O–H groups in total. The smallest absolute Gasteiger partial charge is 0.255 e. The second-order valence-corrected chi connectivity index (χ2v) is 10.8. The van der Waals surface area contributed by atoms with Gasteiger partial charge in [-0.05, 0) is 69.9 Å². The van der Waals surface area contributed by atoms with Crippen LogP contribution in [0, 0.1) is 6.92 Å². The van der Waals surface area contributed by atoms with Gasteiger partial charge in [-0.3, -0.25) is 9.59 Å². The second kappa shape index (κ2) is 15.9. The number of likely N-dealkylation sites (tertiary alicyclic amines) is 1. The fraction of sp³-hybridized carbons (Fsp3) is 0.429. The summed E-state index contributed by atoms with van der Waals surface area (Å²) in [4.78, 5) is 33.2. The van der Waals surface area contributed by atoms with E-state index in [9.17, 15) is 9.59 Å². The Labute approximate surface area is 253 Å². The molecule has 42 heavy (non-hydrogen) atoms. The fourth-order valence-electron chi connectivity index (χ4n) is 5.51. The minimum atomic E-state index is -0.224. The number of benzene rings is 2. The van der Waals surface area contributed by atoms with Crippen molar-refractivity contribution in [3.05, 3.63) is 89.7 Å². The maximum absolute atomic E-state index is 13.2. The van der Waals surface area contributed by atoms with Gasteiger partial charge in [0.1, 0.15) is 0 Å². The lowest BCUT2D eigenvalue weighted by Crippen LogP contribution is -2.47. The van der Waals surface area contributed by atoms with Gasteiger partial charge in [0.15, 0.2) is 0 Å². The predicted octanol–water partition coefficient (Wildman–Crippen LogP) is 6.54. The highest BCUT2D eigenvalue weighted by Crippen LogP contribution is 2.31. The Kier molecular flexibility index (Phi) is 12.3. The Balaban J connectivity index is 0.00000237. The summed E-state index contributed by atoms with van der Waals surface area (Å²) < 4.78 is 0. The number of hydrogen-bond donors (Lipinski definition) is 2. The zero-order chi connectivity index (χ0) is 30.6. The minimum Gasteiger partial charge on any atom is -0.375 e. The van der Waals surface area contributed by atoms with Gasteiger partial charge >= 0.3 is 0 Å². The molecular weight excluding hydrogens is 522 g/mol. The molecule has 0 bridgehead atoms. The first-order valence-electron chi connectivity index (χ1n) is 15.3. The van der Waals surface area contributed by atoms with Gasteiger partial charge in [0.05, 0.1) is 11.4 Å². The number of aryl methyl sites for hydroxylation is 1. The molecule has 2 fully saturated rings. The molecule has 7 heteroatoms. The third kappa shape index (κ3) is 8.28. The summed E-state index contributed by atoms with van der Waals surface area (Å²) in [6, 6.07) is 14.1. The van der Waals surface area contributed by atoms with E-state index in [1.807, 2.05) is 39.8 Å². The van der Waals surface area contributed by atoms with Crippen molar-refractivity contribution in [2.45, 2.75) is 53.9 Å². The minimum absolute atomic E-state index is 0.141. The van der Waals surface area contributed by atoms with Crippen LogP contribution in [0.1, 0.15) is 62.9 Å². The molecule has 0 saturated carbocycles. The third-order valence-electron chi connectivity index (χ3n) is 7.80. The zero-order valence-corrected chi connectivity index (χ0v) is 26.3.